The van der Waals surface area contributed by atoms with Gasteiger partial charge in [0.05, 0.1) is 5.69 Å². The summed E-state index contributed by atoms with van der Waals surface area (Å²) in [4.78, 5) is 4.07. The van der Waals surface area contributed by atoms with E-state index in [0.717, 1.165) is 5.75 Å². The van der Waals surface area contributed by atoms with E-state index in [9.17, 15) is 5.11 Å². The Kier molecular flexibility index (Phi) is 3.92. The third kappa shape index (κ3) is 3.06. The van der Waals surface area contributed by atoms with E-state index in [2.05, 4.69) is 10.3 Å². The van der Waals surface area contributed by atoms with Gasteiger partial charge in [-0.1, -0.05) is 17.7 Å². The quantitative estimate of drug-likeness (QED) is 0.811. The maximum atomic E-state index is 9.63. The van der Waals surface area contributed by atoms with Gasteiger partial charge in [-0.25, -0.2) is 0 Å². The molecule has 0 aliphatic rings. The minimum Gasteiger partial charge on any atom is -0.457 e. The van der Waals surface area contributed by atoms with Crippen LogP contribution in [-0.2, 0) is 0 Å². The van der Waals surface area contributed by atoms with Crippen molar-refractivity contribution in [2.24, 2.45) is 0 Å². The molecule has 2 rings (SSSR count). The smallest absolute Gasteiger partial charge is 0.148 e. The Labute approximate surface area is 106 Å². The Morgan fingerprint density at radius 3 is 2.56 bits per heavy atom. The van der Waals surface area contributed by atoms with E-state index < -0.39 is 6.23 Å². The van der Waals surface area contributed by atoms with Gasteiger partial charge in [0.2, 0.25) is 0 Å². The second kappa shape index (κ2) is 5.62. The summed E-state index contributed by atoms with van der Waals surface area (Å²) in [5.41, 5.74) is 1.71. The van der Waals surface area contributed by atoms with E-state index in [1.807, 2.05) is 31.2 Å². The van der Waals surface area contributed by atoms with Crippen LogP contribution in [0.3, 0.4) is 0 Å². The van der Waals surface area contributed by atoms with Crippen LogP contribution in [0, 0.1) is 6.92 Å². The average Bonchev–Trinajstić information content (AvgIpc) is 2.41. The van der Waals surface area contributed by atoms with Crippen molar-refractivity contribution in [1.82, 2.24) is 10.3 Å². The molecule has 0 spiro atoms. The predicted molar refractivity (Wildman–Crippen MR) is 69.5 cm³/mol. The van der Waals surface area contributed by atoms with E-state index in [-0.39, 0.29) is 0 Å². The second-order valence-electron chi connectivity index (χ2n) is 4.02. The number of aliphatic hydroxyl groups is 1. The Morgan fingerprint density at radius 1 is 1.17 bits per heavy atom. The monoisotopic (exact) mass is 244 g/mol. The molecule has 0 saturated heterocycles. The Morgan fingerprint density at radius 2 is 1.89 bits per heavy atom. The first-order chi connectivity index (χ1) is 8.69. The van der Waals surface area contributed by atoms with Crippen molar-refractivity contribution >= 4 is 0 Å². The summed E-state index contributed by atoms with van der Waals surface area (Å²) in [7, 11) is 1.67. The highest BCUT2D eigenvalue weighted by Crippen LogP contribution is 2.22. The van der Waals surface area contributed by atoms with Crippen molar-refractivity contribution in [1.29, 1.82) is 0 Å². The lowest BCUT2D eigenvalue weighted by Crippen LogP contribution is -2.16. The summed E-state index contributed by atoms with van der Waals surface area (Å²) in [5, 5.41) is 12.3. The van der Waals surface area contributed by atoms with Crippen LogP contribution in [0.25, 0.3) is 0 Å². The number of benzene rings is 1. The average molecular weight is 244 g/mol. The van der Waals surface area contributed by atoms with Crippen LogP contribution in [0.5, 0.6) is 11.5 Å². The molecule has 0 fully saturated rings. The lowest BCUT2D eigenvalue weighted by atomic mass is 10.2. The second-order valence-corrected chi connectivity index (χ2v) is 4.02. The van der Waals surface area contributed by atoms with Crippen LogP contribution in [-0.4, -0.2) is 17.1 Å². The molecule has 0 radical (unpaired) electrons. The fraction of sp³-hybridized carbons (Fsp3) is 0.214. The van der Waals surface area contributed by atoms with Gasteiger partial charge >= 0.3 is 0 Å². The molecule has 0 amide bonds. The van der Waals surface area contributed by atoms with E-state index in [1.165, 1.54) is 5.56 Å². The first-order valence-corrected chi connectivity index (χ1v) is 5.75. The van der Waals surface area contributed by atoms with Crippen molar-refractivity contribution in [3.8, 4) is 11.5 Å². The van der Waals surface area contributed by atoms with Gasteiger partial charge in [-0.15, -0.1) is 0 Å². The van der Waals surface area contributed by atoms with Gasteiger partial charge in [-0.05, 0) is 32.2 Å². The molecule has 1 heterocycles. The van der Waals surface area contributed by atoms with Gasteiger partial charge in [0.25, 0.3) is 0 Å². The van der Waals surface area contributed by atoms with Crippen LogP contribution in [0.1, 0.15) is 17.5 Å². The van der Waals surface area contributed by atoms with Crippen molar-refractivity contribution < 1.29 is 9.84 Å². The van der Waals surface area contributed by atoms with Crippen molar-refractivity contribution in [2.45, 2.75) is 13.2 Å². The molecule has 0 aliphatic heterocycles. The van der Waals surface area contributed by atoms with Gasteiger partial charge in [0.1, 0.15) is 17.7 Å². The van der Waals surface area contributed by atoms with Gasteiger partial charge < -0.3 is 9.84 Å². The van der Waals surface area contributed by atoms with Crippen molar-refractivity contribution in [2.75, 3.05) is 7.05 Å². The van der Waals surface area contributed by atoms with Gasteiger partial charge in [0.15, 0.2) is 0 Å². The number of nitrogens with one attached hydrogen (secondary N) is 1. The van der Waals surface area contributed by atoms with Crippen LogP contribution in [0.2, 0.25) is 0 Å². The number of rotatable bonds is 4. The molecule has 4 heteroatoms. The summed E-state index contributed by atoms with van der Waals surface area (Å²) < 4.78 is 5.69. The largest absolute Gasteiger partial charge is 0.457 e. The number of pyridine rings is 1. The molecule has 1 unspecified atom stereocenters. The molecule has 2 N–H and O–H groups in total. The van der Waals surface area contributed by atoms with Crippen LogP contribution in [0.15, 0.2) is 42.6 Å². The topological polar surface area (TPSA) is 54.4 Å². The maximum Gasteiger partial charge on any atom is 0.148 e. The molecule has 1 aromatic carbocycles. The van der Waals surface area contributed by atoms with Gasteiger partial charge in [0, 0.05) is 12.3 Å². The van der Waals surface area contributed by atoms with E-state index >= 15 is 0 Å². The summed E-state index contributed by atoms with van der Waals surface area (Å²) in [6, 6.07) is 11.3. The number of nitrogens with zero attached hydrogens (tertiary/aromatic N) is 1. The molecule has 0 bridgehead atoms. The lowest BCUT2D eigenvalue weighted by Gasteiger charge is -2.10. The Balaban J connectivity index is 2.16. The molecular weight excluding hydrogens is 228 g/mol. The van der Waals surface area contributed by atoms with Crippen LogP contribution < -0.4 is 10.1 Å². The van der Waals surface area contributed by atoms with Crippen LogP contribution >= 0.6 is 0 Å². The zero-order valence-electron chi connectivity index (χ0n) is 10.4. The predicted octanol–water partition coefficient (Wildman–Crippen LogP) is 2.39. The highest BCUT2D eigenvalue weighted by atomic mass is 16.5. The van der Waals surface area contributed by atoms with Crippen molar-refractivity contribution in [3.05, 3.63) is 53.9 Å². The standard InChI is InChI=1S/C14H16N2O2/c1-10-3-5-11(6-4-10)18-12-7-8-16-13(9-12)14(17)15-2/h3-9,14-15,17H,1-2H3. The Hall–Kier alpha value is -1.91. The molecule has 18 heavy (non-hydrogen) atoms. The Bertz CT molecular complexity index is 511. The summed E-state index contributed by atoms with van der Waals surface area (Å²) >= 11 is 0. The first-order valence-electron chi connectivity index (χ1n) is 5.75. The third-order valence-corrected chi connectivity index (χ3v) is 2.56. The summed E-state index contributed by atoms with van der Waals surface area (Å²) in [6.07, 6.45) is 0.825. The third-order valence-electron chi connectivity index (χ3n) is 2.56. The number of aliphatic hydroxyl groups excluding tert-OH is 1. The number of hydrogen-bond acceptors (Lipinski definition) is 4. The fourth-order valence-corrected chi connectivity index (χ4v) is 1.53. The minimum absolute atomic E-state index is 0.530. The minimum atomic E-state index is -0.786. The molecule has 2 aromatic rings. The normalized spacial score (nSPS) is 12.2. The van der Waals surface area contributed by atoms with Gasteiger partial charge in [-0.2, -0.15) is 0 Å². The van der Waals surface area contributed by atoms with E-state index in [4.69, 9.17) is 4.74 Å². The maximum absolute atomic E-state index is 9.63. The summed E-state index contributed by atoms with van der Waals surface area (Å²) in [5.74, 6) is 1.41. The molecule has 94 valence electrons. The fourth-order valence-electron chi connectivity index (χ4n) is 1.53. The number of hydrogen-bond donors (Lipinski definition) is 2. The number of ether oxygens (including phenoxy) is 1. The van der Waals surface area contributed by atoms with Crippen LogP contribution in [0.4, 0.5) is 0 Å². The molecule has 0 aliphatic carbocycles. The zero-order valence-corrected chi connectivity index (χ0v) is 10.4. The van der Waals surface area contributed by atoms with Gasteiger partial charge in [-0.3, -0.25) is 10.3 Å². The highest BCUT2D eigenvalue weighted by Gasteiger charge is 2.07. The molecule has 0 saturated carbocycles. The van der Waals surface area contributed by atoms with E-state index in [0.29, 0.717) is 11.4 Å². The van der Waals surface area contributed by atoms with E-state index in [1.54, 1.807) is 25.4 Å². The molecule has 1 aromatic heterocycles. The lowest BCUT2D eigenvalue weighted by molar-refractivity contribution is 0.144. The molecular formula is C14H16N2O2. The first kappa shape index (κ1) is 12.5. The van der Waals surface area contributed by atoms with Crippen molar-refractivity contribution in [3.63, 3.8) is 0 Å². The summed E-state index contributed by atoms with van der Waals surface area (Å²) in [6.45, 7) is 2.03. The zero-order chi connectivity index (χ0) is 13.0. The highest BCUT2D eigenvalue weighted by molar-refractivity contribution is 5.33. The number of aryl methyl sites for hydroxylation is 1. The molecule has 1 atom stereocenters. The molecule has 4 nitrogen and oxygen atoms in total. The SMILES string of the molecule is CNC(O)c1cc(Oc2ccc(C)cc2)ccn1. The number of aromatic nitrogens is 1.